The van der Waals surface area contributed by atoms with E-state index in [0.717, 1.165) is 33.5 Å². The van der Waals surface area contributed by atoms with Gasteiger partial charge in [0, 0.05) is 23.7 Å². The zero-order chi connectivity index (χ0) is 20.2. The molecule has 0 radical (unpaired) electrons. The maximum absolute atomic E-state index is 13.1. The van der Waals surface area contributed by atoms with Crippen LogP contribution in [0.15, 0.2) is 72.9 Å². The van der Waals surface area contributed by atoms with Gasteiger partial charge in [-0.05, 0) is 43.3 Å². The summed E-state index contributed by atoms with van der Waals surface area (Å²) in [6.07, 6.45) is 1.72. The number of nitrogens with one attached hydrogen (secondary N) is 1. The van der Waals surface area contributed by atoms with Crippen LogP contribution in [0.2, 0.25) is 0 Å². The summed E-state index contributed by atoms with van der Waals surface area (Å²) in [5.74, 6) is 0.587. The lowest BCUT2D eigenvalue weighted by molar-refractivity contribution is 0.0952. The van der Waals surface area contributed by atoms with Crippen LogP contribution in [0, 0.1) is 6.92 Å². The number of benzene rings is 2. The van der Waals surface area contributed by atoms with Crippen LogP contribution < -0.4 is 10.1 Å². The fraction of sp³-hybridized carbons (Fsp3) is 0.125. The van der Waals surface area contributed by atoms with Gasteiger partial charge in [-0.15, -0.1) is 0 Å². The van der Waals surface area contributed by atoms with E-state index in [9.17, 15) is 4.79 Å². The topological polar surface area (TPSA) is 64.1 Å². The van der Waals surface area contributed by atoms with E-state index in [1.54, 1.807) is 13.3 Å². The predicted octanol–water partition coefficient (Wildman–Crippen LogP) is 4.54. The standard InChI is InChI=1S/C24H21N3O2/c1-16-10-11-20-18(13-16)19(14-22(27-20)21-8-5-6-12-25-21)24(28)26-15-17-7-3-4-9-23(17)29-2/h3-14H,15H2,1-2H3,(H,26,28). The highest BCUT2D eigenvalue weighted by Crippen LogP contribution is 2.25. The number of rotatable bonds is 5. The number of pyridine rings is 2. The summed E-state index contributed by atoms with van der Waals surface area (Å²) in [5, 5.41) is 3.83. The van der Waals surface area contributed by atoms with Gasteiger partial charge in [0.15, 0.2) is 0 Å². The van der Waals surface area contributed by atoms with Crippen LogP contribution in [0.3, 0.4) is 0 Å². The highest BCUT2D eigenvalue weighted by atomic mass is 16.5. The molecule has 1 N–H and O–H groups in total. The second-order valence-electron chi connectivity index (χ2n) is 6.79. The highest BCUT2D eigenvalue weighted by Gasteiger charge is 2.15. The Balaban J connectivity index is 1.73. The van der Waals surface area contributed by atoms with E-state index >= 15 is 0 Å². The summed E-state index contributed by atoms with van der Waals surface area (Å²) in [4.78, 5) is 22.2. The van der Waals surface area contributed by atoms with Crippen LogP contribution in [0.5, 0.6) is 5.75 Å². The lowest BCUT2D eigenvalue weighted by Gasteiger charge is -2.12. The molecule has 144 valence electrons. The number of hydrogen-bond donors (Lipinski definition) is 1. The van der Waals surface area contributed by atoms with Gasteiger partial charge in [0.1, 0.15) is 5.75 Å². The Kier molecular flexibility index (Phi) is 5.20. The normalized spacial score (nSPS) is 10.7. The summed E-state index contributed by atoms with van der Waals surface area (Å²) < 4.78 is 5.38. The quantitative estimate of drug-likeness (QED) is 0.549. The number of hydrogen-bond acceptors (Lipinski definition) is 4. The van der Waals surface area contributed by atoms with Crippen molar-refractivity contribution < 1.29 is 9.53 Å². The molecule has 0 aliphatic heterocycles. The van der Waals surface area contributed by atoms with Crippen molar-refractivity contribution in [1.82, 2.24) is 15.3 Å². The van der Waals surface area contributed by atoms with Crippen molar-refractivity contribution in [3.05, 3.63) is 89.6 Å². The predicted molar refractivity (Wildman–Crippen MR) is 114 cm³/mol. The monoisotopic (exact) mass is 383 g/mol. The van der Waals surface area contributed by atoms with E-state index in [-0.39, 0.29) is 5.91 Å². The van der Waals surface area contributed by atoms with Gasteiger partial charge in [-0.25, -0.2) is 4.98 Å². The number of nitrogens with zero attached hydrogens (tertiary/aromatic N) is 2. The molecule has 5 heteroatoms. The van der Waals surface area contributed by atoms with Gasteiger partial charge in [0.25, 0.3) is 5.91 Å². The molecular formula is C24H21N3O2. The molecule has 0 spiro atoms. The van der Waals surface area contributed by atoms with Crippen LogP contribution in [-0.4, -0.2) is 23.0 Å². The first-order valence-electron chi connectivity index (χ1n) is 9.38. The maximum atomic E-state index is 13.1. The molecular weight excluding hydrogens is 362 g/mol. The minimum Gasteiger partial charge on any atom is -0.496 e. The van der Waals surface area contributed by atoms with E-state index in [0.29, 0.717) is 17.8 Å². The number of para-hydroxylation sites is 1. The molecule has 0 atom stereocenters. The summed E-state index contributed by atoms with van der Waals surface area (Å²) >= 11 is 0. The van der Waals surface area contributed by atoms with E-state index < -0.39 is 0 Å². The molecule has 0 fully saturated rings. The molecule has 0 aliphatic carbocycles. The lowest BCUT2D eigenvalue weighted by Crippen LogP contribution is -2.23. The average molecular weight is 383 g/mol. The second-order valence-corrected chi connectivity index (χ2v) is 6.79. The van der Waals surface area contributed by atoms with Crippen molar-refractivity contribution in [2.45, 2.75) is 13.5 Å². The van der Waals surface area contributed by atoms with Crippen molar-refractivity contribution in [1.29, 1.82) is 0 Å². The largest absolute Gasteiger partial charge is 0.496 e. The third-order valence-electron chi connectivity index (χ3n) is 4.77. The summed E-state index contributed by atoms with van der Waals surface area (Å²) in [6.45, 7) is 2.38. The number of ether oxygens (including phenoxy) is 1. The Morgan fingerprint density at radius 1 is 1.00 bits per heavy atom. The van der Waals surface area contributed by atoms with Gasteiger partial charge in [-0.3, -0.25) is 9.78 Å². The molecule has 1 amide bonds. The molecule has 2 aromatic heterocycles. The number of amides is 1. The third-order valence-corrected chi connectivity index (χ3v) is 4.77. The van der Waals surface area contributed by atoms with E-state index in [4.69, 9.17) is 9.72 Å². The Hall–Kier alpha value is -3.73. The van der Waals surface area contributed by atoms with Crippen LogP contribution in [0.25, 0.3) is 22.3 Å². The van der Waals surface area contributed by atoms with Gasteiger partial charge in [0.2, 0.25) is 0 Å². The molecule has 0 saturated heterocycles. The van der Waals surface area contributed by atoms with Crippen molar-refractivity contribution in [3.63, 3.8) is 0 Å². The Morgan fingerprint density at radius 3 is 2.62 bits per heavy atom. The first kappa shape index (κ1) is 18.6. The summed E-state index contributed by atoms with van der Waals surface area (Å²) in [5.41, 5.74) is 4.74. The third kappa shape index (κ3) is 3.94. The lowest BCUT2D eigenvalue weighted by atomic mass is 10.0. The van der Waals surface area contributed by atoms with Gasteiger partial charge < -0.3 is 10.1 Å². The molecule has 29 heavy (non-hydrogen) atoms. The molecule has 2 aromatic carbocycles. The van der Waals surface area contributed by atoms with Crippen LogP contribution >= 0.6 is 0 Å². The van der Waals surface area contributed by atoms with Gasteiger partial charge in [0.05, 0.1) is 29.6 Å². The minimum absolute atomic E-state index is 0.161. The van der Waals surface area contributed by atoms with Crippen molar-refractivity contribution in [2.24, 2.45) is 0 Å². The van der Waals surface area contributed by atoms with E-state index in [1.807, 2.05) is 73.7 Å². The molecule has 4 aromatic rings. The number of aryl methyl sites for hydroxylation is 1. The fourth-order valence-corrected chi connectivity index (χ4v) is 3.29. The molecule has 2 heterocycles. The Bertz CT molecular complexity index is 1170. The van der Waals surface area contributed by atoms with Crippen LogP contribution in [0.1, 0.15) is 21.5 Å². The fourth-order valence-electron chi connectivity index (χ4n) is 3.29. The maximum Gasteiger partial charge on any atom is 0.252 e. The molecule has 4 rings (SSSR count). The van der Waals surface area contributed by atoms with Crippen molar-refractivity contribution >= 4 is 16.8 Å². The average Bonchev–Trinajstić information content (AvgIpc) is 2.77. The SMILES string of the molecule is COc1ccccc1CNC(=O)c1cc(-c2ccccn2)nc2ccc(C)cc12. The summed E-state index contributed by atoms with van der Waals surface area (Å²) in [6, 6.07) is 21.0. The van der Waals surface area contributed by atoms with Crippen LogP contribution in [-0.2, 0) is 6.54 Å². The van der Waals surface area contributed by atoms with E-state index in [2.05, 4.69) is 10.3 Å². The number of carbonyl (C=O) groups is 1. The van der Waals surface area contributed by atoms with E-state index in [1.165, 1.54) is 0 Å². The smallest absolute Gasteiger partial charge is 0.252 e. The van der Waals surface area contributed by atoms with Gasteiger partial charge in [-0.1, -0.05) is 35.9 Å². The van der Waals surface area contributed by atoms with Crippen molar-refractivity contribution in [2.75, 3.05) is 7.11 Å². The zero-order valence-corrected chi connectivity index (χ0v) is 16.3. The molecule has 0 bridgehead atoms. The first-order valence-corrected chi connectivity index (χ1v) is 9.38. The number of methoxy groups -OCH3 is 1. The molecule has 5 nitrogen and oxygen atoms in total. The Labute approximate surface area is 169 Å². The highest BCUT2D eigenvalue weighted by molar-refractivity contribution is 6.07. The van der Waals surface area contributed by atoms with Crippen LogP contribution in [0.4, 0.5) is 0 Å². The summed E-state index contributed by atoms with van der Waals surface area (Å²) in [7, 11) is 1.62. The van der Waals surface area contributed by atoms with Gasteiger partial charge in [-0.2, -0.15) is 0 Å². The second kappa shape index (κ2) is 8.10. The number of aromatic nitrogens is 2. The molecule has 0 unspecified atom stereocenters. The zero-order valence-electron chi connectivity index (χ0n) is 16.3. The minimum atomic E-state index is -0.161. The van der Waals surface area contributed by atoms with Gasteiger partial charge >= 0.3 is 0 Å². The number of carbonyl (C=O) groups excluding carboxylic acids is 1. The molecule has 0 aliphatic rings. The van der Waals surface area contributed by atoms with Crippen molar-refractivity contribution in [3.8, 4) is 17.1 Å². The number of fused-ring (bicyclic) bond motifs is 1. The first-order chi connectivity index (χ1) is 14.2. The molecule has 0 saturated carbocycles. The Morgan fingerprint density at radius 2 is 1.83 bits per heavy atom.